The second-order valence-corrected chi connectivity index (χ2v) is 9.07. The Morgan fingerprint density at radius 3 is 2.97 bits per heavy atom. The van der Waals surface area contributed by atoms with E-state index >= 15 is 0 Å². The van der Waals surface area contributed by atoms with Crippen molar-refractivity contribution in [1.82, 2.24) is 19.6 Å². The van der Waals surface area contributed by atoms with Crippen molar-refractivity contribution < 1.29 is 13.5 Å². The summed E-state index contributed by atoms with van der Waals surface area (Å²) in [4.78, 5) is 11.9. The van der Waals surface area contributed by atoms with Gasteiger partial charge in [-0.25, -0.2) is 18.9 Å². The van der Waals surface area contributed by atoms with Gasteiger partial charge in [-0.1, -0.05) is 6.92 Å². The summed E-state index contributed by atoms with van der Waals surface area (Å²) in [5, 5.41) is 5.71. The van der Waals surface area contributed by atoms with Gasteiger partial charge in [0.05, 0.1) is 5.39 Å². The number of fused-ring (bicyclic) bond motifs is 5. The minimum Gasteiger partial charge on any atom is -0.486 e. The molecule has 1 aliphatic carbocycles. The first kappa shape index (κ1) is 18.5. The van der Waals surface area contributed by atoms with E-state index in [1.54, 1.807) is 34.3 Å². The highest BCUT2D eigenvalue weighted by molar-refractivity contribution is 7.19. The Kier molecular flexibility index (Phi) is 4.27. The molecule has 0 saturated heterocycles. The van der Waals surface area contributed by atoms with Gasteiger partial charge in [0.15, 0.2) is 11.4 Å². The first-order valence-electron chi connectivity index (χ1n) is 10.3. The van der Waals surface area contributed by atoms with Crippen LogP contribution in [-0.2, 0) is 19.4 Å². The molecule has 0 N–H and O–H groups in total. The SMILES string of the molecule is C[C@H]1CCc2c(sc3ncn4nc(-c5ccc(COc6ccc(F)cc6)o5)nc4c23)C1. The van der Waals surface area contributed by atoms with Crippen LogP contribution in [0.2, 0.25) is 0 Å². The number of thiophene rings is 1. The Morgan fingerprint density at radius 2 is 2.10 bits per heavy atom. The lowest BCUT2D eigenvalue weighted by molar-refractivity contribution is 0.271. The van der Waals surface area contributed by atoms with E-state index in [1.165, 1.54) is 29.0 Å². The summed E-state index contributed by atoms with van der Waals surface area (Å²) < 4.78 is 26.3. The molecule has 31 heavy (non-hydrogen) atoms. The molecule has 0 saturated carbocycles. The summed E-state index contributed by atoms with van der Waals surface area (Å²) >= 11 is 1.78. The maximum atomic E-state index is 13.0. The summed E-state index contributed by atoms with van der Waals surface area (Å²) in [6.45, 7) is 2.54. The standard InChI is InChI=1S/C23H19FN4O2S/c1-13-2-8-17-19(10-13)31-23-20(17)22-26-21(27-28(22)12-25-23)18-9-7-16(30-18)11-29-15-5-3-14(24)4-6-15/h3-7,9,12-13H,2,8,10-11H2,1H3/t13-/m0/s1. The zero-order valence-electron chi connectivity index (χ0n) is 16.8. The fourth-order valence-electron chi connectivity index (χ4n) is 4.10. The number of furan rings is 1. The molecule has 156 valence electrons. The monoisotopic (exact) mass is 434 g/mol. The van der Waals surface area contributed by atoms with Crippen molar-refractivity contribution >= 4 is 27.2 Å². The van der Waals surface area contributed by atoms with Gasteiger partial charge in [0.1, 0.15) is 35.1 Å². The number of benzene rings is 1. The number of hydrogen-bond donors (Lipinski definition) is 0. The van der Waals surface area contributed by atoms with Crippen LogP contribution in [0.3, 0.4) is 0 Å². The number of aromatic nitrogens is 4. The quantitative estimate of drug-likeness (QED) is 0.377. The van der Waals surface area contributed by atoms with E-state index in [1.807, 2.05) is 12.1 Å². The third kappa shape index (κ3) is 3.27. The highest BCUT2D eigenvalue weighted by Crippen LogP contribution is 2.38. The van der Waals surface area contributed by atoms with Crippen molar-refractivity contribution in [2.75, 3.05) is 0 Å². The maximum Gasteiger partial charge on any atom is 0.217 e. The molecule has 4 aromatic heterocycles. The first-order valence-corrected chi connectivity index (χ1v) is 11.1. The zero-order chi connectivity index (χ0) is 20.9. The molecule has 1 aliphatic rings. The molecule has 6 rings (SSSR count). The van der Waals surface area contributed by atoms with E-state index in [2.05, 4.69) is 17.0 Å². The van der Waals surface area contributed by atoms with Crippen LogP contribution in [-0.4, -0.2) is 19.6 Å². The van der Waals surface area contributed by atoms with Crippen LogP contribution >= 0.6 is 11.3 Å². The van der Waals surface area contributed by atoms with Crippen molar-refractivity contribution in [2.45, 2.75) is 32.8 Å². The van der Waals surface area contributed by atoms with Crippen molar-refractivity contribution in [3.05, 3.63) is 64.7 Å². The van der Waals surface area contributed by atoms with Crippen LogP contribution in [0.15, 0.2) is 47.1 Å². The van der Waals surface area contributed by atoms with Crippen LogP contribution in [0.5, 0.6) is 5.75 Å². The fourth-order valence-corrected chi connectivity index (χ4v) is 5.45. The molecule has 1 atom stereocenters. The summed E-state index contributed by atoms with van der Waals surface area (Å²) in [5.74, 6) is 2.73. The first-order chi connectivity index (χ1) is 15.1. The molecule has 0 radical (unpaired) electrons. The summed E-state index contributed by atoms with van der Waals surface area (Å²) in [7, 11) is 0. The summed E-state index contributed by atoms with van der Waals surface area (Å²) in [6.07, 6.45) is 5.09. The van der Waals surface area contributed by atoms with E-state index in [0.717, 1.165) is 28.7 Å². The van der Waals surface area contributed by atoms with Gasteiger partial charge in [-0.2, -0.15) is 0 Å². The van der Waals surface area contributed by atoms with Gasteiger partial charge >= 0.3 is 0 Å². The largest absolute Gasteiger partial charge is 0.486 e. The molecule has 6 nitrogen and oxygen atoms in total. The predicted molar refractivity (Wildman–Crippen MR) is 116 cm³/mol. The molecule has 0 amide bonds. The van der Waals surface area contributed by atoms with Gasteiger partial charge in [-0.15, -0.1) is 16.4 Å². The smallest absolute Gasteiger partial charge is 0.217 e. The fraction of sp³-hybridized carbons (Fsp3) is 0.261. The van der Waals surface area contributed by atoms with Crippen molar-refractivity contribution in [1.29, 1.82) is 0 Å². The van der Waals surface area contributed by atoms with Gasteiger partial charge < -0.3 is 9.15 Å². The lowest BCUT2D eigenvalue weighted by Gasteiger charge is -2.17. The molecule has 0 spiro atoms. The average molecular weight is 434 g/mol. The third-order valence-electron chi connectivity index (χ3n) is 5.71. The molecule has 0 aliphatic heterocycles. The van der Waals surface area contributed by atoms with Crippen LogP contribution in [0.25, 0.3) is 27.4 Å². The van der Waals surface area contributed by atoms with Crippen LogP contribution in [0.4, 0.5) is 4.39 Å². The average Bonchev–Trinajstić information content (AvgIpc) is 3.48. The van der Waals surface area contributed by atoms with Crippen LogP contribution < -0.4 is 4.74 Å². The number of rotatable bonds is 4. The minimum atomic E-state index is -0.296. The topological polar surface area (TPSA) is 65.5 Å². The number of ether oxygens (including phenoxy) is 1. The van der Waals surface area contributed by atoms with Crippen molar-refractivity contribution in [3.63, 3.8) is 0 Å². The van der Waals surface area contributed by atoms with E-state index < -0.39 is 0 Å². The maximum absolute atomic E-state index is 13.0. The Bertz CT molecular complexity index is 1400. The van der Waals surface area contributed by atoms with Gasteiger partial charge in [-0.05, 0) is 67.1 Å². The Balaban J connectivity index is 1.31. The van der Waals surface area contributed by atoms with Crippen LogP contribution in [0, 0.1) is 11.7 Å². The molecular weight excluding hydrogens is 415 g/mol. The van der Waals surface area contributed by atoms with Gasteiger partial charge in [0.2, 0.25) is 5.82 Å². The molecule has 0 unspecified atom stereocenters. The normalized spacial score (nSPS) is 16.1. The second-order valence-electron chi connectivity index (χ2n) is 7.99. The van der Waals surface area contributed by atoms with Crippen molar-refractivity contribution in [2.24, 2.45) is 5.92 Å². The Morgan fingerprint density at radius 1 is 1.23 bits per heavy atom. The van der Waals surface area contributed by atoms with Gasteiger partial charge in [0.25, 0.3) is 0 Å². The lowest BCUT2D eigenvalue weighted by atomic mass is 9.89. The number of aryl methyl sites for hydroxylation is 1. The third-order valence-corrected chi connectivity index (χ3v) is 6.87. The number of nitrogens with zero attached hydrogens (tertiary/aromatic N) is 4. The molecular formula is C23H19FN4O2S. The Labute approximate surface area is 181 Å². The molecule has 4 heterocycles. The van der Waals surface area contributed by atoms with E-state index in [4.69, 9.17) is 14.1 Å². The molecule has 5 aromatic rings. The second kappa shape index (κ2) is 7.16. The number of halogens is 1. The predicted octanol–water partition coefficient (Wildman–Crippen LogP) is 5.44. The van der Waals surface area contributed by atoms with E-state index in [0.29, 0.717) is 29.0 Å². The molecule has 0 bridgehead atoms. The minimum absolute atomic E-state index is 0.237. The summed E-state index contributed by atoms with van der Waals surface area (Å²) in [6, 6.07) is 9.58. The molecule has 1 aromatic carbocycles. The van der Waals surface area contributed by atoms with Crippen LogP contribution in [0.1, 0.15) is 29.5 Å². The number of hydrogen-bond acceptors (Lipinski definition) is 6. The molecule has 0 fully saturated rings. The highest BCUT2D eigenvalue weighted by Gasteiger charge is 2.24. The lowest BCUT2D eigenvalue weighted by Crippen LogP contribution is -2.08. The Hall–Kier alpha value is -3.26. The van der Waals surface area contributed by atoms with E-state index in [-0.39, 0.29) is 12.4 Å². The highest BCUT2D eigenvalue weighted by atomic mass is 32.1. The van der Waals surface area contributed by atoms with Crippen molar-refractivity contribution in [3.8, 4) is 17.3 Å². The van der Waals surface area contributed by atoms with E-state index in [9.17, 15) is 4.39 Å². The van der Waals surface area contributed by atoms with Gasteiger partial charge in [-0.3, -0.25) is 0 Å². The molecule has 8 heteroatoms. The zero-order valence-corrected chi connectivity index (χ0v) is 17.7. The summed E-state index contributed by atoms with van der Waals surface area (Å²) in [5.41, 5.74) is 2.20. The van der Waals surface area contributed by atoms with Gasteiger partial charge in [0, 0.05) is 4.88 Å².